The predicted octanol–water partition coefficient (Wildman–Crippen LogP) is 4.66. The molecule has 19 heavy (non-hydrogen) atoms. The van der Waals surface area contributed by atoms with Crippen molar-refractivity contribution in [2.45, 2.75) is 70.8 Å². The number of nitrogens with one attached hydrogen (secondary N) is 1. The van der Waals surface area contributed by atoms with Crippen LogP contribution in [0, 0.1) is 0 Å². The van der Waals surface area contributed by atoms with E-state index in [1.54, 1.807) is 0 Å². The monoisotopic (exact) mass is 259 g/mol. The summed E-state index contributed by atoms with van der Waals surface area (Å²) in [6.45, 7) is 5.74. The molecule has 1 aromatic rings. The normalized spacial score (nSPS) is 15.1. The van der Waals surface area contributed by atoms with E-state index in [1.165, 1.54) is 62.6 Å². The van der Waals surface area contributed by atoms with Gasteiger partial charge in [0.25, 0.3) is 0 Å². The van der Waals surface area contributed by atoms with Crippen molar-refractivity contribution in [3.63, 3.8) is 0 Å². The first-order valence-corrected chi connectivity index (χ1v) is 8.08. The van der Waals surface area contributed by atoms with Gasteiger partial charge in [0.05, 0.1) is 0 Å². The third-order valence-electron chi connectivity index (χ3n) is 4.05. The van der Waals surface area contributed by atoms with Gasteiger partial charge in [-0.25, -0.2) is 0 Å². The van der Waals surface area contributed by atoms with Gasteiger partial charge in [0, 0.05) is 6.04 Å². The maximum absolute atomic E-state index is 3.58. The molecule has 2 rings (SSSR count). The van der Waals surface area contributed by atoms with Gasteiger partial charge in [-0.05, 0) is 55.7 Å². The summed E-state index contributed by atoms with van der Waals surface area (Å²) in [6.07, 6.45) is 9.50. The van der Waals surface area contributed by atoms with E-state index in [0.717, 1.165) is 6.04 Å². The number of hydrogen-bond donors (Lipinski definition) is 1. The molecule has 1 nitrogen and oxygen atoms in total. The third kappa shape index (κ3) is 5.78. The smallest absolute Gasteiger partial charge is 0.00682 e. The lowest BCUT2D eigenvalue weighted by atomic mass is 9.99. The topological polar surface area (TPSA) is 12.0 Å². The zero-order chi connectivity index (χ0) is 13.5. The lowest BCUT2D eigenvalue weighted by Gasteiger charge is -2.07. The fourth-order valence-corrected chi connectivity index (χ4v) is 2.47. The molecule has 1 heteroatoms. The molecule has 1 saturated carbocycles. The Balaban J connectivity index is 1.52. The van der Waals surface area contributed by atoms with Crippen molar-refractivity contribution in [3.05, 3.63) is 35.4 Å². The molecule has 106 valence electrons. The van der Waals surface area contributed by atoms with Gasteiger partial charge in [-0.15, -0.1) is 0 Å². The van der Waals surface area contributed by atoms with Crippen LogP contribution in [-0.2, 0) is 6.42 Å². The van der Waals surface area contributed by atoms with Crippen LogP contribution in [0.4, 0.5) is 0 Å². The van der Waals surface area contributed by atoms with Gasteiger partial charge in [-0.2, -0.15) is 0 Å². The molecule has 0 radical (unpaired) electrons. The van der Waals surface area contributed by atoms with Crippen LogP contribution in [0.1, 0.15) is 69.4 Å². The highest BCUT2D eigenvalue weighted by molar-refractivity contribution is 5.24. The molecule has 0 unspecified atom stereocenters. The minimum Gasteiger partial charge on any atom is -0.314 e. The Morgan fingerprint density at radius 1 is 1.00 bits per heavy atom. The van der Waals surface area contributed by atoms with Gasteiger partial charge in [-0.1, -0.05) is 51.0 Å². The van der Waals surface area contributed by atoms with Crippen LogP contribution in [0.2, 0.25) is 0 Å². The summed E-state index contributed by atoms with van der Waals surface area (Å²) in [5, 5.41) is 3.58. The Hall–Kier alpha value is -0.820. The minimum atomic E-state index is 0.646. The molecule has 1 aliphatic carbocycles. The number of unbranched alkanes of at least 4 members (excludes halogenated alkanes) is 3. The van der Waals surface area contributed by atoms with Gasteiger partial charge in [-0.3, -0.25) is 0 Å². The van der Waals surface area contributed by atoms with Gasteiger partial charge >= 0.3 is 0 Å². The molecule has 0 amide bonds. The third-order valence-corrected chi connectivity index (χ3v) is 4.05. The fraction of sp³-hybridized carbons (Fsp3) is 0.667. The van der Waals surface area contributed by atoms with E-state index in [-0.39, 0.29) is 0 Å². The van der Waals surface area contributed by atoms with Crippen LogP contribution < -0.4 is 5.32 Å². The molecular formula is C18H29N. The minimum absolute atomic E-state index is 0.646. The van der Waals surface area contributed by atoms with Crippen molar-refractivity contribution in [2.75, 3.05) is 6.54 Å². The van der Waals surface area contributed by atoms with Crippen LogP contribution in [0.5, 0.6) is 0 Å². The SMILES string of the molecule is CC(C)c1ccc(CCCCCCNC2CC2)cc1. The van der Waals surface area contributed by atoms with Gasteiger partial charge < -0.3 is 5.32 Å². The summed E-state index contributed by atoms with van der Waals surface area (Å²) in [6, 6.07) is 10.1. The molecule has 1 N–H and O–H groups in total. The van der Waals surface area contributed by atoms with Gasteiger partial charge in [0.2, 0.25) is 0 Å². The Kier molecular flexibility index (Phi) is 5.91. The average Bonchev–Trinajstić information content (AvgIpc) is 3.22. The van der Waals surface area contributed by atoms with Crippen LogP contribution in [0.15, 0.2) is 24.3 Å². The molecule has 0 aromatic heterocycles. The highest BCUT2D eigenvalue weighted by Crippen LogP contribution is 2.19. The predicted molar refractivity (Wildman–Crippen MR) is 83.7 cm³/mol. The van der Waals surface area contributed by atoms with Crippen molar-refractivity contribution >= 4 is 0 Å². The van der Waals surface area contributed by atoms with Crippen LogP contribution in [-0.4, -0.2) is 12.6 Å². The summed E-state index contributed by atoms with van der Waals surface area (Å²) < 4.78 is 0. The van der Waals surface area contributed by atoms with Crippen molar-refractivity contribution in [1.29, 1.82) is 0 Å². The Labute approximate surface area is 118 Å². The van der Waals surface area contributed by atoms with Gasteiger partial charge in [0.1, 0.15) is 0 Å². The highest BCUT2D eigenvalue weighted by Gasteiger charge is 2.19. The first-order chi connectivity index (χ1) is 9.25. The molecule has 0 aliphatic heterocycles. The largest absolute Gasteiger partial charge is 0.314 e. The number of rotatable bonds is 9. The molecule has 0 bridgehead atoms. The summed E-state index contributed by atoms with van der Waals surface area (Å²) in [4.78, 5) is 0. The summed E-state index contributed by atoms with van der Waals surface area (Å²) >= 11 is 0. The first kappa shape index (κ1) is 14.6. The summed E-state index contributed by atoms with van der Waals surface area (Å²) in [5.41, 5.74) is 2.95. The van der Waals surface area contributed by atoms with Crippen molar-refractivity contribution in [3.8, 4) is 0 Å². The standard InChI is InChI=1S/C18H29N/c1-15(2)17-10-8-16(9-11-17)7-5-3-4-6-14-19-18-12-13-18/h8-11,15,18-19H,3-7,12-14H2,1-2H3. The van der Waals surface area contributed by atoms with E-state index < -0.39 is 0 Å². The molecule has 0 atom stereocenters. The van der Waals surface area contributed by atoms with Crippen LogP contribution >= 0.6 is 0 Å². The lowest BCUT2D eigenvalue weighted by Crippen LogP contribution is -2.17. The number of benzene rings is 1. The zero-order valence-electron chi connectivity index (χ0n) is 12.6. The van der Waals surface area contributed by atoms with E-state index >= 15 is 0 Å². The maximum atomic E-state index is 3.58. The van der Waals surface area contributed by atoms with Crippen molar-refractivity contribution in [1.82, 2.24) is 5.32 Å². The second-order valence-electron chi connectivity index (χ2n) is 6.29. The van der Waals surface area contributed by atoms with E-state index in [2.05, 4.69) is 43.4 Å². The Morgan fingerprint density at radius 3 is 2.32 bits per heavy atom. The second-order valence-corrected chi connectivity index (χ2v) is 6.29. The van der Waals surface area contributed by atoms with Crippen molar-refractivity contribution < 1.29 is 0 Å². The molecule has 1 aliphatic rings. The fourth-order valence-electron chi connectivity index (χ4n) is 2.47. The van der Waals surface area contributed by atoms with Crippen LogP contribution in [0.3, 0.4) is 0 Å². The van der Waals surface area contributed by atoms with E-state index in [9.17, 15) is 0 Å². The van der Waals surface area contributed by atoms with Gasteiger partial charge in [0.15, 0.2) is 0 Å². The second kappa shape index (κ2) is 7.69. The maximum Gasteiger partial charge on any atom is 0.00682 e. The molecule has 1 fully saturated rings. The average molecular weight is 259 g/mol. The zero-order valence-corrected chi connectivity index (χ0v) is 12.6. The Bertz CT molecular complexity index is 348. The lowest BCUT2D eigenvalue weighted by molar-refractivity contribution is 0.585. The highest BCUT2D eigenvalue weighted by atomic mass is 14.9. The molecule has 0 spiro atoms. The van der Waals surface area contributed by atoms with Crippen molar-refractivity contribution in [2.24, 2.45) is 0 Å². The summed E-state index contributed by atoms with van der Waals surface area (Å²) in [7, 11) is 0. The molecule has 0 heterocycles. The van der Waals surface area contributed by atoms with E-state index in [0.29, 0.717) is 5.92 Å². The molecule has 1 aromatic carbocycles. The van der Waals surface area contributed by atoms with E-state index in [1.807, 2.05) is 0 Å². The summed E-state index contributed by atoms with van der Waals surface area (Å²) in [5.74, 6) is 0.646. The van der Waals surface area contributed by atoms with E-state index in [4.69, 9.17) is 0 Å². The molecule has 0 saturated heterocycles. The van der Waals surface area contributed by atoms with Crippen LogP contribution in [0.25, 0.3) is 0 Å². The quantitative estimate of drug-likeness (QED) is 0.636. The Morgan fingerprint density at radius 2 is 1.68 bits per heavy atom. The molecular weight excluding hydrogens is 230 g/mol. The number of aryl methyl sites for hydroxylation is 1. The first-order valence-electron chi connectivity index (χ1n) is 8.08. The number of hydrogen-bond acceptors (Lipinski definition) is 1.